The smallest absolute Gasteiger partial charge is 0.135 e. The molecule has 1 saturated heterocycles. The van der Waals surface area contributed by atoms with Gasteiger partial charge in [0, 0.05) is 40.3 Å². The summed E-state index contributed by atoms with van der Waals surface area (Å²) in [5, 5.41) is 3.84. The van der Waals surface area contributed by atoms with Gasteiger partial charge in [-0.3, -0.25) is 4.21 Å². The third-order valence-electron chi connectivity index (χ3n) is 2.97. The molecule has 0 aromatic carbocycles. The molecule has 1 aromatic rings. The quantitative estimate of drug-likeness (QED) is 0.868. The fourth-order valence-electron chi connectivity index (χ4n) is 1.91. The summed E-state index contributed by atoms with van der Waals surface area (Å²) in [6, 6.07) is 2.09. The normalized spacial score (nSPS) is 24.2. The highest BCUT2D eigenvalue weighted by molar-refractivity contribution is 7.85. The molecule has 0 bridgehead atoms. The maximum absolute atomic E-state index is 11.3. The molecule has 2 rings (SSSR count). The number of anilines is 1. The molecule has 1 N–H and O–H groups in total. The minimum Gasteiger partial charge on any atom is -0.367 e. The van der Waals surface area contributed by atoms with Crippen molar-refractivity contribution >= 4 is 28.2 Å². The molecule has 0 amide bonds. The van der Waals surface area contributed by atoms with Gasteiger partial charge in [-0.05, 0) is 12.8 Å². The van der Waals surface area contributed by atoms with Crippen molar-refractivity contribution in [2.24, 2.45) is 0 Å². The first-order chi connectivity index (χ1) is 8.54. The van der Waals surface area contributed by atoms with Crippen molar-refractivity contribution in [1.82, 2.24) is 9.97 Å². The van der Waals surface area contributed by atoms with Crippen molar-refractivity contribution in [3.05, 3.63) is 17.0 Å². The van der Waals surface area contributed by atoms with Gasteiger partial charge in [0.05, 0.1) is 0 Å². The molecule has 100 valence electrons. The summed E-state index contributed by atoms with van der Waals surface area (Å²) in [5.41, 5.74) is 0. The van der Waals surface area contributed by atoms with E-state index >= 15 is 0 Å². The molecule has 0 radical (unpaired) electrons. The molecule has 0 saturated carbocycles. The summed E-state index contributed by atoms with van der Waals surface area (Å²) in [6.07, 6.45) is 1.84. The molecule has 1 aliphatic heterocycles. The first-order valence-corrected chi connectivity index (χ1v) is 8.07. The van der Waals surface area contributed by atoms with Gasteiger partial charge in [-0.25, -0.2) is 9.97 Å². The summed E-state index contributed by atoms with van der Waals surface area (Å²) < 4.78 is 11.3. The van der Waals surface area contributed by atoms with Crippen LogP contribution in [-0.4, -0.2) is 31.7 Å². The van der Waals surface area contributed by atoms with Crippen molar-refractivity contribution in [1.29, 1.82) is 0 Å². The van der Waals surface area contributed by atoms with Gasteiger partial charge in [-0.1, -0.05) is 25.4 Å². The number of nitrogens with one attached hydrogen (secondary N) is 1. The van der Waals surface area contributed by atoms with Crippen LogP contribution in [0.1, 0.15) is 38.4 Å². The maximum atomic E-state index is 11.3. The molecule has 1 aromatic heterocycles. The third-order valence-corrected chi connectivity index (χ3v) is 4.54. The Hall–Kier alpha value is -0.680. The zero-order chi connectivity index (χ0) is 13.1. The summed E-state index contributed by atoms with van der Waals surface area (Å²) in [6.45, 7) is 4.08. The Morgan fingerprint density at radius 1 is 1.39 bits per heavy atom. The van der Waals surface area contributed by atoms with Crippen LogP contribution < -0.4 is 5.32 Å². The lowest BCUT2D eigenvalue weighted by atomic mass is 10.1. The largest absolute Gasteiger partial charge is 0.367 e. The van der Waals surface area contributed by atoms with Crippen LogP contribution in [0.5, 0.6) is 0 Å². The van der Waals surface area contributed by atoms with Gasteiger partial charge in [0.1, 0.15) is 16.8 Å². The summed E-state index contributed by atoms with van der Waals surface area (Å²) in [7, 11) is -0.634. The molecule has 2 heterocycles. The first kappa shape index (κ1) is 13.7. The molecule has 0 spiro atoms. The Labute approximate surface area is 115 Å². The number of rotatable bonds is 3. The van der Waals surface area contributed by atoms with E-state index in [0.29, 0.717) is 11.2 Å². The molecular formula is C12H18ClN3OS. The van der Waals surface area contributed by atoms with Crippen molar-refractivity contribution in [2.45, 2.75) is 38.6 Å². The topological polar surface area (TPSA) is 54.9 Å². The molecule has 1 fully saturated rings. The van der Waals surface area contributed by atoms with E-state index in [4.69, 9.17) is 11.6 Å². The zero-order valence-corrected chi connectivity index (χ0v) is 12.2. The van der Waals surface area contributed by atoms with E-state index in [2.05, 4.69) is 15.3 Å². The average molecular weight is 288 g/mol. The van der Waals surface area contributed by atoms with Gasteiger partial charge in [0.15, 0.2) is 0 Å². The molecule has 0 aliphatic carbocycles. The molecule has 1 aliphatic rings. The van der Waals surface area contributed by atoms with E-state index in [1.54, 1.807) is 6.07 Å². The first-order valence-electron chi connectivity index (χ1n) is 6.20. The Morgan fingerprint density at radius 2 is 2.06 bits per heavy atom. The average Bonchev–Trinajstić information content (AvgIpc) is 2.31. The minimum absolute atomic E-state index is 0.253. The highest BCUT2D eigenvalue weighted by atomic mass is 35.5. The fourth-order valence-corrected chi connectivity index (χ4v) is 3.40. The predicted molar refractivity (Wildman–Crippen MR) is 75.7 cm³/mol. The van der Waals surface area contributed by atoms with Gasteiger partial charge in [0.2, 0.25) is 0 Å². The lowest BCUT2D eigenvalue weighted by Gasteiger charge is -2.23. The summed E-state index contributed by atoms with van der Waals surface area (Å²) in [5.74, 6) is 3.32. The summed E-state index contributed by atoms with van der Waals surface area (Å²) >= 11 is 6.00. The highest BCUT2D eigenvalue weighted by Gasteiger charge is 2.18. The molecule has 0 unspecified atom stereocenters. The van der Waals surface area contributed by atoms with Crippen LogP contribution in [0.3, 0.4) is 0 Å². The van der Waals surface area contributed by atoms with Crippen molar-refractivity contribution in [3.8, 4) is 0 Å². The Morgan fingerprint density at radius 3 is 2.67 bits per heavy atom. The molecular weight excluding hydrogens is 270 g/mol. The molecule has 6 heteroatoms. The Bertz CT molecular complexity index is 443. The van der Waals surface area contributed by atoms with Gasteiger partial charge in [0.25, 0.3) is 0 Å². The van der Waals surface area contributed by atoms with Crippen LogP contribution in [0.2, 0.25) is 5.15 Å². The lowest BCUT2D eigenvalue weighted by molar-refractivity contribution is 0.621. The highest BCUT2D eigenvalue weighted by Crippen LogP contribution is 2.20. The van der Waals surface area contributed by atoms with Gasteiger partial charge >= 0.3 is 0 Å². The zero-order valence-electron chi connectivity index (χ0n) is 10.6. The SMILES string of the molecule is CC(C)c1nc(Cl)cc(NC2CCS(=O)CC2)n1. The van der Waals surface area contributed by atoms with Crippen molar-refractivity contribution < 1.29 is 4.21 Å². The third kappa shape index (κ3) is 3.65. The van der Waals surface area contributed by atoms with E-state index in [1.807, 2.05) is 13.8 Å². The number of nitrogens with zero attached hydrogens (tertiary/aromatic N) is 2. The minimum atomic E-state index is -0.634. The van der Waals surface area contributed by atoms with Gasteiger partial charge in [-0.15, -0.1) is 0 Å². The molecule has 0 atom stereocenters. The molecule has 18 heavy (non-hydrogen) atoms. The number of aromatic nitrogens is 2. The second-order valence-corrected chi connectivity index (χ2v) is 6.94. The van der Waals surface area contributed by atoms with Crippen LogP contribution >= 0.6 is 11.6 Å². The second-order valence-electron chi connectivity index (χ2n) is 4.86. The van der Waals surface area contributed by atoms with Crippen LogP contribution in [-0.2, 0) is 10.8 Å². The van der Waals surface area contributed by atoms with E-state index in [9.17, 15) is 4.21 Å². The molecule has 4 nitrogen and oxygen atoms in total. The van der Waals surface area contributed by atoms with Crippen LogP contribution in [0.25, 0.3) is 0 Å². The Kier molecular flexibility index (Phi) is 4.56. The van der Waals surface area contributed by atoms with E-state index in [1.165, 1.54) is 0 Å². The van der Waals surface area contributed by atoms with E-state index in [-0.39, 0.29) is 5.92 Å². The van der Waals surface area contributed by atoms with Crippen LogP contribution in [0.15, 0.2) is 6.07 Å². The van der Waals surface area contributed by atoms with Crippen LogP contribution in [0.4, 0.5) is 5.82 Å². The van der Waals surface area contributed by atoms with Crippen LogP contribution in [0, 0.1) is 0 Å². The maximum Gasteiger partial charge on any atom is 0.135 e. The fraction of sp³-hybridized carbons (Fsp3) is 0.667. The number of hydrogen-bond donors (Lipinski definition) is 1. The van der Waals surface area contributed by atoms with E-state index in [0.717, 1.165) is 36.0 Å². The van der Waals surface area contributed by atoms with Crippen molar-refractivity contribution in [3.63, 3.8) is 0 Å². The monoisotopic (exact) mass is 287 g/mol. The van der Waals surface area contributed by atoms with Gasteiger partial charge in [-0.2, -0.15) is 0 Å². The predicted octanol–water partition coefficient (Wildman–Crippen LogP) is 2.58. The van der Waals surface area contributed by atoms with Gasteiger partial charge < -0.3 is 5.32 Å². The number of hydrogen-bond acceptors (Lipinski definition) is 4. The second kappa shape index (κ2) is 5.97. The Balaban J connectivity index is 2.06. The number of halogens is 1. The summed E-state index contributed by atoms with van der Waals surface area (Å²) in [4.78, 5) is 8.67. The standard InChI is InChI=1S/C12H18ClN3OS/c1-8(2)12-15-10(13)7-11(16-12)14-9-3-5-18(17)6-4-9/h7-9H,3-6H2,1-2H3,(H,14,15,16). The van der Waals surface area contributed by atoms with E-state index < -0.39 is 10.8 Å². The van der Waals surface area contributed by atoms with Crippen molar-refractivity contribution in [2.75, 3.05) is 16.8 Å². The lowest BCUT2D eigenvalue weighted by Crippen LogP contribution is -2.29.